The number of rotatable bonds is 12. The van der Waals surface area contributed by atoms with Crippen LogP contribution in [0.15, 0.2) is 218 Å². The SMILES string of the molecule is COc1ccc(/C(=C\c2ccccc2C=Cc2c(C=Cc3ccccc3/C=C(\c3ccc(CO)cc3)c3ccc4ccccc4c3)ccc3ccccc23)c2ccc3ccccc3c2)cc1. The Kier molecular flexibility index (Phi) is 12.1. The van der Waals surface area contributed by atoms with E-state index < -0.39 is 0 Å². The minimum absolute atomic E-state index is 0.00996. The van der Waals surface area contributed by atoms with Crippen molar-refractivity contribution in [3.05, 3.63) is 280 Å². The molecule has 0 saturated heterocycles. The highest BCUT2D eigenvalue weighted by molar-refractivity contribution is 6.01. The van der Waals surface area contributed by atoms with Crippen LogP contribution in [0.5, 0.6) is 5.75 Å². The molecule has 0 unspecified atom stereocenters. The largest absolute Gasteiger partial charge is 0.497 e. The normalized spacial score (nSPS) is 12.2. The zero-order valence-corrected chi connectivity index (χ0v) is 36.8. The first-order valence-electron chi connectivity index (χ1n) is 22.4. The predicted octanol–water partition coefficient (Wildman–Crippen LogP) is 16.2. The van der Waals surface area contributed by atoms with Gasteiger partial charge in [-0.3, -0.25) is 0 Å². The minimum atomic E-state index is 0.00996. The van der Waals surface area contributed by atoms with Crippen molar-refractivity contribution in [2.24, 2.45) is 0 Å². The second-order valence-corrected chi connectivity index (χ2v) is 16.5. The van der Waals surface area contributed by atoms with Crippen molar-refractivity contribution >= 4 is 79.9 Å². The Morgan fingerprint density at radius 1 is 0.379 bits per heavy atom. The number of benzene rings is 10. The van der Waals surface area contributed by atoms with E-state index in [-0.39, 0.29) is 6.61 Å². The fourth-order valence-corrected chi connectivity index (χ4v) is 8.84. The van der Waals surface area contributed by atoms with Crippen molar-refractivity contribution in [1.82, 2.24) is 0 Å². The summed E-state index contributed by atoms with van der Waals surface area (Å²) in [5, 5.41) is 17.0. The van der Waals surface area contributed by atoms with Gasteiger partial charge in [0.05, 0.1) is 13.7 Å². The zero-order valence-electron chi connectivity index (χ0n) is 36.8. The maximum absolute atomic E-state index is 9.83. The molecule has 0 aliphatic heterocycles. The fraction of sp³-hybridized carbons (Fsp3) is 0.0312. The first-order valence-corrected chi connectivity index (χ1v) is 22.4. The Hall–Kier alpha value is -8.30. The minimum Gasteiger partial charge on any atom is -0.497 e. The van der Waals surface area contributed by atoms with Gasteiger partial charge < -0.3 is 9.84 Å². The molecule has 0 fully saturated rings. The molecule has 0 spiro atoms. The summed E-state index contributed by atoms with van der Waals surface area (Å²) in [7, 11) is 1.70. The Morgan fingerprint density at radius 3 is 1.35 bits per heavy atom. The molecule has 1 N–H and O–H groups in total. The van der Waals surface area contributed by atoms with E-state index in [4.69, 9.17) is 4.74 Å². The van der Waals surface area contributed by atoms with Crippen LogP contribution in [-0.2, 0) is 6.61 Å². The lowest BCUT2D eigenvalue weighted by atomic mass is 9.91. The topological polar surface area (TPSA) is 29.5 Å². The van der Waals surface area contributed by atoms with Gasteiger partial charge in [0, 0.05) is 0 Å². The van der Waals surface area contributed by atoms with Gasteiger partial charge in [0.15, 0.2) is 0 Å². The molecule has 0 bridgehead atoms. The summed E-state index contributed by atoms with van der Waals surface area (Å²) >= 11 is 0. The average Bonchev–Trinajstić information content (AvgIpc) is 3.38. The molecule has 0 amide bonds. The Labute approximate surface area is 387 Å². The summed E-state index contributed by atoms with van der Waals surface area (Å²) < 4.78 is 5.54. The highest BCUT2D eigenvalue weighted by Crippen LogP contribution is 2.34. The number of fused-ring (bicyclic) bond motifs is 3. The number of hydrogen-bond donors (Lipinski definition) is 1. The lowest BCUT2D eigenvalue weighted by Gasteiger charge is -2.13. The number of methoxy groups -OCH3 is 1. The van der Waals surface area contributed by atoms with Crippen molar-refractivity contribution in [1.29, 1.82) is 0 Å². The Morgan fingerprint density at radius 2 is 0.803 bits per heavy atom. The lowest BCUT2D eigenvalue weighted by molar-refractivity contribution is 0.282. The summed E-state index contributed by atoms with van der Waals surface area (Å²) in [4.78, 5) is 0. The molecule has 2 nitrogen and oxygen atoms in total. The third-order valence-electron chi connectivity index (χ3n) is 12.4. The molecule has 66 heavy (non-hydrogen) atoms. The maximum Gasteiger partial charge on any atom is 0.118 e. The van der Waals surface area contributed by atoms with E-state index in [1.54, 1.807) is 7.11 Å². The summed E-state index contributed by atoms with van der Waals surface area (Å²) in [6.07, 6.45) is 13.6. The first kappa shape index (κ1) is 41.7. The smallest absolute Gasteiger partial charge is 0.118 e. The molecule has 0 aromatic heterocycles. The van der Waals surface area contributed by atoms with Crippen LogP contribution in [0, 0.1) is 0 Å². The fourth-order valence-electron chi connectivity index (χ4n) is 8.84. The number of aliphatic hydroxyl groups is 1. The average molecular weight is 849 g/mol. The van der Waals surface area contributed by atoms with Crippen LogP contribution in [0.4, 0.5) is 0 Å². The van der Waals surface area contributed by atoms with Gasteiger partial charge in [0.1, 0.15) is 5.75 Å². The van der Waals surface area contributed by atoms with Crippen molar-refractivity contribution in [3.63, 3.8) is 0 Å². The molecule has 0 atom stereocenters. The van der Waals surface area contributed by atoms with E-state index in [0.29, 0.717) is 0 Å². The van der Waals surface area contributed by atoms with Crippen LogP contribution in [0.1, 0.15) is 61.2 Å². The molecule has 316 valence electrons. The van der Waals surface area contributed by atoms with Gasteiger partial charge in [-0.1, -0.05) is 218 Å². The van der Waals surface area contributed by atoms with E-state index in [0.717, 1.165) is 78.1 Å². The van der Waals surface area contributed by atoms with Crippen molar-refractivity contribution in [3.8, 4) is 5.75 Å². The summed E-state index contributed by atoms with van der Waals surface area (Å²) in [5.41, 5.74) is 14.4. The van der Waals surface area contributed by atoms with Gasteiger partial charge in [-0.2, -0.15) is 0 Å². The zero-order chi connectivity index (χ0) is 44.7. The van der Waals surface area contributed by atoms with E-state index in [1.165, 1.54) is 32.3 Å². The molecule has 0 radical (unpaired) electrons. The van der Waals surface area contributed by atoms with Crippen LogP contribution in [0.2, 0.25) is 0 Å². The third-order valence-corrected chi connectivity index (χ3v) is 12.4. The summed E-state index contributed by atoms with van der Waals surface area (Å²) in [6.45, 7) is 0.00996. The summed E-state index contributed by atoms with van der Waals surface area (Å²) in [5.74, 6) is 0.829. The summed E-state index contributed by atoms with van der Waals surface area (Å²) in [6, 6.07) is 77.2. The van der Waals surface area contributed by atoms with Gasteiger partial charge >= 0.3 is 0 Å². The van der Waals surface area contributed by atoms with Crippen molar-refractivity contribution < 1.29 is 9.84 Å². The Balaban J connectivity index is 1.05. The number of aliphatic hydroxyl groups excluding tert-OH is 1. The molecule has 2 heteroatoms. The standard InChI is InChI=1S/C64H48O2/c1-66-60-37-34-53(35-38-60)64(59-33-28-47-13-3-7-18-55(47)41-59)43-57-20-9-5-15-49(57)36-39-62-51(31-30-50-16-10-11-21-61(50)62)29-26-48-14-4-8-19-56(48)42-63(52-24-22-45(44-65)23-25-52)58-32-27-46-12-2-6-17-54(46)40-58/h2-43,65H,44H2,1H3/b29-26?,39-36?,63-42+,64-43+. The van der Waals surface area contributed by atoms with E-state index >= 15 is 0 Å². The maximum atomic E-state index is 9.83. The second kappa shape index (κ2) is 19.2. The van der Waals surface area contributed by atoms with Crippen LogP contribution in [-0.4, -0.2) is 12.2 Å². The molecule has 0 aliphatic rings. The third kappa shape index (κ3) is 9.05. The van der Waals surface area contributed by atoms with E-state index in [1.807, 2.05) is 24.3 Å². The molecule has 0 saturated carbocycles. The van der Waals surface area contributed by atoms with Crippen LogP contribution in [0.25, 0.3) is 79.9 Å². The number of ether oxygens (including phenoxy) is 1. The molecule has 0 heterocycles. The number of hydrogen-bond acceptors (Lipinski definition) is 2. The molecule has 10 aromatic rings. The monoisotopic (exact) mass is 848 g/mol. The van der Waals surface area contributed by atoms with Crippen molar-refractivity contribution in [2.45, 2.75) is 6.61 Å². The van der Waals surface area contributed by atoms with Gasteiger partial charge in [0.2, 0.25) is 0 Å². The van der Waals surface area contributed by atoms with E-state index in [9.17, 15) is 5.11 Å². The molecule has 10 aromatic carbocycles. The van der Waals surface area contributed by atoms with Gasteiger partial charge in [-0.25, -0.2) is 0 Å². The van der Waals surface area contributed by atoms with Crippen LogP contribution < -0.4 is 4.74 Å². The quantitative estimate of drug-likeness (QED) is 0.124. The van der Waals surface area contributed by atoms with Gasteiger partial charge in [-0.15, -0.1) is 0 Å². The predicted molar refractivity (Wildman–Crippen MR) is 282 cm³/mol. The molecular weight excluding hydrogens is 801 g/mol. The van der Waals surface area contributed by atoms with E-state index in [2.05, 4.69) is 231 Å². The molecule has 0 aliphatic carbocycles. The molecule has 10 rings (SSSR count). The highest BCUT2D eigenvalue weighted by Gasteiger charge is 2.12. The van der Waals surface area contributed by atoms with Gasteiger partial charge in [-0.05, 0) is 141 Å². The first-order chi connectivity index (χ1) is 32.6. The lowest BCUT2D eigenvalue weighted by Crippen LogP contribution is -1.92. The second-order valence-electron chi connectivity index (χ2n) is 16.5. The molecular formula is C64H48O2. The Bertz CT molecular complexity index is 3470. The van der Waals surface area contributed by atoms with Crippen LogP contribution in [0.3, 0.4) is 0 Å². The highest BCUT2D eigenvalue weighted by atomic mass is 16.5. The van der Waals surface area contributed by atoms with Crippen molar-refractivity contribution in [2.75, 3.05) is 7.11 Å². The van der Waals surface area contributed by atoms with Gasteiger partial charge in [0.25, 0.3) is 0 Å². The van der Waals surface area contributed by atoms with Crippen LogP contribution >= 0.6 is 0 Å².